The van der Waals surface area contributed by atoms with Crippen LogP contribution >= 0.6 is 0 Å². The molecule has 0 bridgehead atoms. The molecule has 0 aliphatic carbocycles. The van der Waals surface area contributed by atoms with Crippen LogP contribution in [0, 0.1) is 11.6 Å². The smallest absolute Gasteiger partial charge is 0.268 e. The molecule has 0 unspecified atom stereocenters. The lowest BCUT2D eigenvalue weighted by Gasteiger charge is -2.17. The Balaban J connectivity index is 1.90. The summed E-state index contributed by atoms with van der Waals surface area (Å²) in [7, 11) is 0. The lowest BCUT2D eigenvalue weighted by atomic mass is 9.94. The van der Waals surface area contributed by atoms with Crippen molar-refractivity contribution in [1.29, 1.82) is 0 Å². The lowest BCUT2D eigenvalue weighted by Crippen LogP contribution is -2.29. The molecule has 1 amide bonds. The van der Waals surface area contributed by atoms with Crippen LogP contribution in [0.25, 0.3) is 28.3 Å². The van der Waals surface area contributed by atoms with Gasteiger partial charge in [0.2, 0.25) is 0 Å². The van der Waals surface area contributed by atoms with Crippen LogP contribution in [0.3, 0.4) is 0 Å². The first-order valence-electron chi connectivity index (χ1n) is 13.9. The number of aliphatic carboxylic acids is 1. The monoisotopic (exact) mass is 587 g/mol. The molecule has 0 spiro atoms. The molecule has 3 aromatic carbocycles. The van der Waals surface area contributed by atoms with Gasteiger partial charge in [0.25, 0.3) is 5.91 Å². The van der Waals surface area contributed by atoms with Crippen LogP contribution in [0.2, 0.25) is 0 Å². The second kappa shape index (κ2) is 14.0. The maximum absolute atomic E-state index is 14.0. The number of carbonyl (C=O) groups is 2. The topological polar surface area (TPSA) is 115 Å². The van der Waals surface area contributed by atoms with Crippen molar-refractivity contribution < 1.29 is 33.7 Å². The van der Waals surface area contributed by atoms with Crippen LogP contribution in [0.1, 0.15) is 54.5 Å². The van der Waals surface area contributed by atoms with Gasteiger partial charge >= 0.3 is 0 Å². The van der Waals surface area contributed by atoms with Gasteiger partial charge in [0, 0.05) is 48.2 Å². The van der Waals surface area contributed by atoms with Crippen molar-refractivity contribution in [3.63, 3.8) is 0 Å². The van der Waals surface area contributed by atoms with Gasteiger partial charge < -0.3 is 30.0 Å². The van der Waals surface area contributed by atoms with E-state index in [1.807, 2.05) is 48.7 Å². The van der Waals surface area contributed by atoms with E-state index >= 15 is 0 Å². The Hall–Kier alpha value is -4.60. The van der Waals surface area contributed by atoms with Crippen LogP contribution in [0.15, 0.2) is 84.9 Å². The number of rotatable bonds is 12. The minimum atomic E-state index is -1.43. The highest BCUT2D eigenvalue weighted by Crippen LogP contribution is 2.42. The van der Waals surface area contributed by atoms with Crippen molar-refractivity contribution in [2.75, 3.05) is 0 Å². The Morgan fingerprint density at radius 2 is 1.47 bits per heavy atom. The number of carboxylic acid groups (broad SMARTS) is 1. The van der Waals surface area contributed by atoms with Gasteiger partial charge in [-0.2, -0.15) is 0 Å². The molecule has 0 aliphatic heterocycles. The number of hydrogen-bond donors (Lipinski definition) is 3. The predicted octanol–water partition coefficient (Wildman–Crippen LogP) is 4.88. The van der Waals surface area contributed by atoms with Crippen molar-refractivity contribution >= 4 is 18.0 Å². The number of nitrogens with zero attached hydrogens (tertiary/aromatic N) is 1. The zero-order valence-electron chi connectivity index (χ0n) is 23.8. The summed E-state index contributed by atoms with van der Waals surface area (Å²) in [6, 6.07) is 20.7. The van der Waals surface area contributed by atoms with Gasteiger partial charge in [-0.1, -0.05) is 60.7 Å². The fourth-order valence-corrected chi connectivity index (χ4v) is 5.03. The molecule has 2 atom stereocenters. The number of nitrogens with one attached hydrogen (secondary N) is 1. The number of aromatic nitrogens is 1. The molecule has 0 aliphatic rings. The second-order valence-electron chi connectivity index (χ2n) is 10.5. The summed E-state index contributed by atoms with van der Waals surface area (Å²) in [5.74, 6) is -2.64. The van der Waals surface area contributed by atoms with E-state index in [0.29, 0.717) is 33.6 Å². The third-order valence-electron chi connectivity index (χ3n) is 6.93. The summed E-state index contributed by atoms with van der Waals surface area (Å²) in [5, 5.41) is 34.4. The molecule has 0 saturated heterocycles. The summed E-state index contributed by atoms with van der Waals surface area (Å²) in [6.07, 6.45) is -0.333. The third kappa shape index (κ3) is 7.82. The summed E-state index contributed by atoms with van der Waals surface area (Å²) < 4.78 is 29.3. The predicted molar refractivity (Wildman–Crippen MR) is 159 cm³/mol. The largest absolute Gasteiger partial charge is 0.550 e. The number of halogens is 2. The van der Waals surface area contributed by atoms with Crippen LogP contribution in [-0.2, 0) is 11.3 Å². The average molecular weight is 588 g/mol. The first kappa shape index (κ1) is 31.3. The molecule has 0 fully saturated rings. The summed E-state index contributed by atoms with van der Waals surface area (Å²) in [4.78, 5) is 24.9. The minimum Gasteiger partial charge on any atom is -0.550 e. The van der Waals surface area contributed by atoms with E-state index in [1.54, 1.807) is 30.3 Å². The van der Waals surface area contributed by atoms with E-state index < -0.39 is 36.3 Å². The zero-order chi connectivity index (χ0) is 31.1. The fraction of sp³-hybridized carbons (Fsp3) is 0.235. The fourth-order valence-electron chi connectivity index (χ4n) is 5.03. The van der Waals surface area contributed by atoms with E-state index in [9.17, 15) is 33.7 Å². The molecule has 7 nitrogen and oxygen atoms in total. The van der Waals surface area contributed by atoms with E-state index in [-0.39, 0.29) is 24.8 Å². The van der Waals surface area contributed by atoms with Crippen LogP contribution in [0.5, 0.6) is 0 Å². The lowest BCUT2D eigenvalue weighted by molar-refractivity contribution is -0.307. The molecule has 3 N–H and O–H groups in total. The standard InChI is InChI=1S/C34H34F2N2O5/c1-21(2)38-29(17-16-27(39)18-28(40)19-30(41)42)31(24-10-14-26(36)15-11-24)32(23-6-4-3-5-7-23)33(38)34(43)37-20-22-8-12-25(35)13-9-22/h3-17,21,27-28,39-40H,18-20H2,1-2H3,(H,37,43)(H,41,42)/p-1/b17-16+/t27-,28-/m1/s1. The summed E-state index contributed by atoms with van der Waals surface area (Å²) in [6.45, 7) is 3.94. The van der Waals surface area contributed by atoms with Crippen molar-refractivity contribution in [3.8, 4) is 22.3 Å². The van der Waals surface area contributed by atoms with Crippen molar-refractivity contribution in [2.24, 2.45) is 0 Å². The Kier molecular flexibility index (Phi) is 10.2. The molecule has 43 heavy (non-hydrogen) atoms. The highest BCUT2D eigenvalue weighted by atomic mass is 19.1. The highest BCUT2D eigenvalue weighted by molar-refractivity contribution is 6.06. The SMILES string of the molecule is CC(C)n1c(/C=C/[C@@H](O)C[C@@H](O)CC(=O)[O-])c(-c2ccc(F)cc2)c(-c2ccccc2)c1C(=O)NCc1ccc(F)cc1. The summed E-state index contributed by atoms with van der Waals surface area (Å²) >= 11 is 0. The van der Waals surface area contributed by atoms with E-state index in [0.717, 1.165) is 5.56 Å². The number of carboxylic acids is 1. The summed E-state index contributed by atoms with van der Waals surface area (Å²) in [5.41, 5.74) is 4.13. The Morgan fingerprint density at radius 1 is 0.884 bits per heavy atom. The van der Waals surface area contributed by atoms with Crippen molar-refractivity contribution in [3.05, 3.63) is 114 Å². The zero-order valence-corrected chi connectivity index (χ0v) is 23.8. The van der Waals surface area contributed by atoms with Gasteiger partial charge in [-0.3, -0.25) is 4.79 Å². The molecule has 4 rings (SSSR count). The van der Waals surface area contributed by atoms with Crippen LogP contribution in [-0.4, -0.2) is 38.9 Å². The number of amides is 1. The highest BCUT2D eigenvalue weighted by Gasteiger charge is 2.29. The molecule has 9 heteroatoms. The number of aliphatic hydroxyl groups excluding tert-OH is 2. The van der Waals surface area contributed by atoms with Gasteiger partial charge in [0.1, 0.15) is 17.3 Å². The first-order valence-corrected chi connectivity index (χ1v) is 13.9. The molecule has 0 radical (unpaired) electrons. The second-order valence-corrected chi connectivity index (χ2v) is 10.5. The Labute approximate surface area is 248 Å². The molecule has 4 aromatic rings. The van der Waals surface area contributed by atoms with Gasteiger partial charge in [-0.15, -0.1) is 0 Å². The van der Waals surface area contributed by atoms with Gasteiger partial charge in [-0.25, -0.2) is 8.78 Å². The maximum Gasteiger partial charge on any atom is 0.268 e. The van der Waals surface area contributed by atoms with Crippen molar-refractivity contribution in [2.45, 2.75) is 51.5 Å². The molecule has 1 heterocycles. The van der Waals surface area contributed by atoms with Crippen molar-refractivity contribution in [1.82, 2.24) is 9.88 Å². The van der Waals surface area contributed by atoms with Gasteiger partial charge in [0.05, 0.1) is 12.2 Å². The normalized spacial score (nSPS) is 12.9. The van der Waals surface area contributed by atoms with Crippen LogP contribution < -0.4 is 10.4 Å². The Morgan fingerprint density at radius 3 is 2.05 bits per heavy atom. The quantitative estimate of drug-likeness (QED) is 0.219. The van der Waals surface area contributed by atoms with Crippen LogP contribution in [0.4, 0.5) is 8.78 Å². The third-order valence-corrected chi connectivity index (χ3v) is 6.93. The Bertz CT molecular complexity index is 1580. The van der Waals surface area contributed by atoms with Gasteiger partial charge in [0.15, 0.2) is 0 Å². The van der Waals surface area contributed by atoms with Gasteiger partial charge in [-0.05, 0) is 60.9 Å². The molecule has 1 aromatic heterocycles. The average Bonchev–Trinajstić information content (AvgIpc) is 3.31. The molecular formula is C34H33F2N2O5-. The number of aliphatic hydroxyl groups is 2. The number of hydrogen-bond acceptors (Lipinski definition) is 5. The maximum atomic E-state index is 14.0. The van der Waals surface area contributed by atoms with E-state index in [4.69, 9.17) is 0 Å². The minimum absolute atomic E-state index is 0.142. The first-order chi connectivity index (χ1) is 20.5. The molecule has 224 valence electrons. The molecule has 0 saturated carbocycles. The van der Waals surface area contributed by atoms with E-state index in [2.05, 4.69) is 5.32 Å². The van der Waals surface area contributed by atoms with E-state index in [1.165, 1.54) is 30.3 Å². The number of benzene rings is 3. The molecular weight excluding hydrogens is 554 g/mol. The number of carbonyl (C=O) groups excluding carboxylic acids is 2.